The summed E-state index contributed by atoms with van der Waals surface area (Å²) < 4.78 is 0. The lowest BCUT2D eigenvalue weighted by molar-refractivity contribution is 0.697. The summed E-state index contributed by atoms with van der Waals surface area (Å²) >= 11 is 0. The minimum Gasteiger partial charge on any atom is -0.398 e. The SMILES string of the molecule is C#CCCN1CCCc2c(N)cccc21. The molecule has 1 aromatic carbocycles. The summed E-state index contributed by atoms with van der Waals surface area (Å²) in [5.74, 6) is 2.69. The molecule has 78 valence electrons. The Morgan fingerprint density at radius 3 is 3.13 bits per heavy atom. The Kier molecular flexibility index (Phi) is 2.82. The predicted octanol–water partition coefficient (Wildman–Crippen LogP) is 2.04. The number of nitrogen functional groups attached to an aromatic ring is 1. The van der Waals surface area contributed by atoms with Crippen LogP contribution in [0.1, 0.15) is 18.4 Å². The van der Waals surface area contributed by atoms with Crippen molar-refractivity contribution in [2.75, 3.05) is 23.7 Å². The first-order valence-corrected chi connectivity index (χ1v) is 5.38. The summed E-state index contributed by atoms with van der Waals surface area (Å²) in [5, 5.41) is 0. The molecule has 2 rings (SSSR count). The number of nitrogens with zero attached hydrogens (tertiary/aromatic N) is 1. The van der Waals surface area contributed by atoms with Crippen LogP contribution in [0.2, 0.25) is 0 Å². The standard InChI is InChI=1S/C13H16N2/c1-2-3-9-15-10-5-6-11-12(14)7-4-8-13(11)15/h1,4,7-8H,3,5-6,9-10,14H2. The average Bonchev–Trinajstić information content (AvgIpc) is 2.27. The number of benzene rings is 1. The molecule has 15 heavy (non-hydrogen) atoms. The summed E-state index contributed by atoms with van der Waals surface area (Å²) in [6, 6.07) is 6.13. The largest absolute Gasteiger partial charge is 0.398 e. The second kappa shape index (κ2) is 4.27. The van der Waals surface area contributed by atoms with Gasteiger partial charge in [0, 0.05) is 30.9 Å². The summed E-state index contributed by atoms with van der Waals surface area (Å²) in [7, 11) is 0. The molecule has 2 N–H and O–H groups in total. The van der Waals surface area contributed by atoms with E-state index in [1.807, 2.05) is 12.1 Å². The van der Waals surface area contributed by atoms with E-state index >= 15 is 0 Å². The quantitative estimate of drug-likeness (QED) is 0.584. The van der Waals surface area contributed by atoms with Crippen LogP contribution in [0, 0.1) is 12.3 Å². The number of nitrogens with two attached hydrogens (primary N) is 1. The monoisotopic (exact) mass is 200 g/mol. The van der Waals surface area contributed by atoms with Gasteiger partial charge >= 0.3 is 0 Å². The van der Waals surface area contributed by atoms with Crippen molar-refractivity contribution in [3.63, 3.8) is 0 Å². The second-order valence-electron chi connectivity index (χ2n) is 3.89. The zero-order valence-electron chi connectivity index (χ0n) is 8.87. The number of fused-ring (bicyclic) bond motifs is 1. The third kappa shape index (κ3) is 1.92. The Labute approximate surface area is 91.1 Å². The Bertz CT molecular complexity index is 390. The molecule has 0 saturated heterocycles. The van der Waals surface area contributed by atoms with E-state index in [2.05, 4.69) is 16.9 Å². The number of terminal acetylenes is 1. The van der Waals surface area contributed by atoms with Crippen molar-refractivity contribution < 1.29 is 0 Å². The van der Waals surface area contributed by atoms with Gasteiger partial charge in [0.2, 0.25) is 0 Å². The molecule has 0 aliphatic carbocycles. The van der Waals surface area contributed by atoms with Crippen molar-refractivity contribution in [1.82, 2.24) is 0 Å². The number of hydrogen-bond donors (Lipinski definition) is 1. The molecule has 1 aromatic rings. The van der Waals surface area contributed by atoms with Gasteiger partial charge in [0.1, 0.15) is 0 Å². The van der Waals surface area contributed by atoms with Gasteiger partial charge in [0.15, 0.2) is 0 Å². The van der Waals surface area contributed by atoms with E-state index in [1.54, 1.807) is 0 Å². The maximum Gasteiger partial charge on any atom is 0.0419 e. The second-order valence-corrected chi connectivity index (χ2v) is 3.89. The Hall–Kier alpha value is -1.62. The van der Waals surface area contributed by atoms with Gasteiger partial charge < -0.3 is 10.6 Å². The van der Waals surface area contributed by atoms with Gasteiger partial charge in [-0.2, -0.15) is 0 Å². The van der Waals surface area contributed by atoms with E-state index in [0.717, 1.165) is 31.6 Å². The van der Waals surface area contributed by atoms with Gasteiger partial charge in [-0.25, -0.2) is 0 Å². The van der Waals surface area contributed by atoms with Crippen molar-refractivity contribution >= 4 is 11.4 Å². The lowest BCUT2D eigenvalue weighted by Crippen LogP contribution is -2.30. The van der Waals surface area contributed by atoms with Gasteiger partial charge in [0.25, 0.3) is 0 Å². The summed E-state index contributed by atoms with van der Waals surface area (Å²) in [6.07, 6.45) is 8.36. The highest BCUT2D eigenvalue weighted by molar-refractivity contribution is 5.66. The predicted molar refractivity (Wildman–Crippen MR) is 64.8 cm³/mol. The molecule has 0 radical (unpaired) electrons. The normalized spacial score (nSPS) is 14.5. The Morgan fingerprint density at radius 2 is 2.33 bits per heavy atom. The maximum absolute atomic E-state index is 5.97. The highest BCUT2D eigenvalue weighted by atomic mass is 15.1. The van der Waals surface area contributed by atoms with E-state index in [4.69, 9.17) is 12.2 Å². The zero-order chi connectivity index (χ0) is 10.7. The van der Waals surface area contributed by atoms with Crippen molar-refractivity contribution in [3.05, 3.63) is 23.8 Å². The van der Waals surface area contributed by atoms with Crippen LogP contribution in [-0.2, 0) is 6.42 Å². The third-order valence-electron chi connectivity index (χ3n) is 2.91. The number of hydrogen-bond acceptors (Lipinski definition) is 2. The molecule has 0 atom stereocenters. The molecule has 0 bridgehead atoms. The lowest BCUT2D eigenvalue weighted by Gasteiger charge is -2.31. The van der Waals surface area contributed by atoms with Crippen LogP contribution in [0.15, 0.2) is 18.2 Å². The van der Waals surface area contributed by atoms with Crippen LogP contribution in [0.4, 0.5) is 11.4 Å². The highest BCUT2D eigenvalue weighted by Gasteiger charge is 2.17. The van der Waals surface area contributed by atoms with Gasteiger partial charge in [-0.1, -0.05) is 6.07 Å². The first kappa shape index (κ1) is 9.92. The molecule has 1 heterocycles. The van der Waals surface area contributed by atoms with E-state index in [1.165, 1.54) is 17.7 Å². The molecule has 0 unspecified atom stereocenters. The molecule has 0 spiro atoms. The van der Waals surface area contributed by atoms with Crippen LogP contribution in [0.25, 0.3) is 0 Å². The zero-order valence-corrected chi connectivity index (χ0v) is 8.87. The molecule has 2 heteroatoms. The molecule has 1 aliphatic heterocycles. The van der Waals surface area contributed by atoms with Crippen molar-refractivity contribution in [3.8, 4) is 12.3 Å². The van der Waals surface area contributed by atoms with Crippen molar-refractivity contribution in [1.29, 1.82) is 0 Å². The summed E-state index contributed by atoms with van der Waals surface area (Å²) in [6.45, 7) is 2.03. The first-order valence-electron chi connectivity index (χ1n) is 5.38. The topological polar surface area (TPSA) is 29.3 Å². The fraction of sp³-hybridized carbons (Fsp3) is 0.385. The molecule has 0 saturated carbocycles. The summed E-state index contributed by atoms with van der Waals surface area (Å²) in [4.78, 5) is 2.34. The molecule has 2 nitrogen and oxygen atoms in total. The van der Waals surface area contributed by atoms with Crippen molar-refractivity contribution in [2.24, 2.45) is 0 Å². The number of anilines is 2. The van der Waals surface area contributed by atoms with Crippen molar-refractivity contribution in [2.45, 2.75) is 19.3 Å². The fourth-order valence-corrected chi connectivity index (χ4v) is 2.16. The van der Waals surface area contributed by atoms with Crippen LogP contribution in [-0.4, -0.2) is 13.1 Å². The van der Waals surface area contributed by atoms with Gasteiger partial charge in [-0.05, 0) is 30.5 Å². The molecule has 1 aliphatic rings. The minimum absolute atomic E-state index is 0.800. The molecule has 0 amide bonds. The van der Waals surface area contributed by atoms with E-state index in [-0.39, 0.29) is 0 Å². The van der Waals surface area contributed by atoms with Crippen LogP contribution in [0.5, 0.6) is 0 Å². The van der Waals surface area contributed by atoms with Gasteiger partial charge in [0.05, 0.1) is 0 Å². The first-order chi connectivity index (χ1) is 7.33. The smallest absolute Gasteiger partial charge is 0.0419 e. The minimum atomic E-state index is 0.800. The number of rotatable bonds is 2. The third-order valence-corrected chi connectivity index (χ3v) is 2.91. The molecule has 0 fully saturated rings. The lowest BCUT2D eigenvalue weighted by atomic mass is 10.00. The molecular formula is C13H16N2. The van der Waals surface area contributed by atoms with Gasteiger partial charge in [-0.3, -0.25) is 0 Å². The van der Waals surface area contributed by atoms with Gasteiger partial charge in [-0.15, -0.1) is 12.3 Å². The molecule has 0 aromatic heterocycles. The fourth-order valence-electron chi connectivity index (χ4n) is 2.16. The van der Waals surface area contributed by atoms with Crippen LogP contribution >= 0.6 is 0 Å². The van der Waals surface area contributed by atoms with Crippen LogP contribution in [0.3, 0.4) is 0 Å². The van der Waals surface area contributed by atoms with E-state index in [0.29, 0.717) is 0 Å². The molecular weight excluding hydrogens is 184 g/mol. The Balaban J connectivity index is 2.27. The highest BCUT2D eigenvalue weighted by Crippen LogP contribution is 2.30. The Morgan fingerprint density at radius 1 is 1.47 bits per heavy atom. The van der Waals surface area contributed by atoms with Crippen LogP contribution < -0.4 is 10.6 Å². The van der Waals surface area contributed by atoms with E-state index in [9.17, 15) is 0 Å². The van der Waals surface area contributed by atoms with E-state index < -0.39 is 0 Å². The summed E-state index contributed by atoms with van der Waals surface area (Å²) in [5.41, 5.74) is 9.45. The maximum atomic E-state index is 5.97. The average molecular weight is 200 g/mol.